The van der Waals surface area contributed by atoms with E-state index in [1.54, 1.807) is 0 Å². The Labute approximate surface area is 173 Å². The Balaban J connectivity index is 1.59. The van der Waals surface area contributed by atoms with Crippen LogP contribution in [-0.4, -0.2) is 47.6 Å². The first-order valence-electron chi connectivity index (χ1n) is 10.7. The molecule has 2 unspecified atom stereocenters. The monoisotopic (exact) mass is 396 g/mol. The molecular weight excluding hydrogens is 364 g/mol. The average molecular weight is 397 g/mol. The number of nitrogens with one attached hydrogen (secondary N) is 1. The largest absolute Gasteiger partial charge is 0.483 e. The van der Waals surface area contributed by atoms with Crippen LogP contribution in [0.25, 0.3) is 0 Å². The van der Waals surface area contributed by atoms with Gasteiger partial charge in [0.05, 0.1) is 6.04 Å². The fourth-order valence-electron chi connectivity index (χ4n) is 4.39. The average Bonchev–Trinajstić information content (AvgIpc) is 3.04. The van der Waals surface area contributed by atoms with Crippen molar-refractivity contribution >= 4 is 0 Å². The molecule has 0 amide bonds. The summed E-state index contributed by atoms with van der Waals surface area (Å²) >= 11 is 0. The number of para-hydroxylation sites is 1. The van der Waals surface area contributed by atoms with Crippen molar-refractivity contribution in [3.8, 4) is 11.5 Å². The van der Waals surface area contributed by atoms with E-state index in [9.17, 15) is 5.11 Å². The van der Waals surface area contributed by atoms with E-state index in [0.29, 0.717) is 0 Å². The Hall–Kier alpha value is -2.08. The number of ether oxygens (including phenoxy) is 2. The zero-order chi connectivity index (χ0) is 20.3. The number of hydrogen-bond acceptors (Lipinski definition) is 5. The van der Waals surface area contributed by atoms with Crippen LogP contribution >= 0.6 is 0 Å². The van der Waals surface area contributed by atoms with Gasteiger partial charge < -0.3 is 19.9 Å². The van der Waals surface area contributed by atoms with Crippen LogP contribution in [-0.2, 0) is 13.0 Å². The molecule has 2 aliphatic rings. The third kappa shape index (κ3) is 4.74. The summed E-state index contributed by atoms with van der Waals surface area (Å²) in [5, 5.41) is 13.0. The second-order valence-electron chi connectivity index (χ2n) is 8.67. The Kier molecular flexibility index (Phi) is 6.09. The van der Waals surface area contributed by atoms with Crippen molar-refractivity contribution in [3.05, 3.63) is 59.7 Å². The van der Waals surface area contributed by atoms with Crippen molar-refractivity contribution in [2.45, 2.75) is 57.5 Å². The molecule has 0 spiro atoms. The highest BCUT2D eigenvalue weighted by molar-refractivity contribution is 5.50. The number of piperazine rings is 1. The smallest absolute Gasteiger partial charge is 0.168 e. The van der Waals surface area contributed by atoms with Crippen molar-refractivity contribution < 1.29 is 14.6 Å². The first-order valence-corrected chi connectivity index (χ1v) is 10.7. The normalized spacial score (nSPS) is 23.4. The molecule has 2 aromatic carbocycles. The van der Waals surface area contributed by atoms with Crippen LogP contribution in [0.3, 0.4) is 0 Å². The molecule has 5 heteroatoms. The SMILES string of the molecule is CC1(C)Cc2cccc(OC3C(CCCO)NCCN3Cc3ccccc3)c2O1. The van der Waals surface area contributed by atoms with Gasteiger partial charge in [-0.25, -0.2) is 0 Å². The molecule has 0 radical (unpaired) electrons. The van der Waals surface area contributed by atoms with Gasteiger partial charge in [-0.15, -0.1) is 0 Å². The molecule has 2 aromatic rings. The van der Waals surface area contributed by atoms with E-state index in [2.05, 4.69) is 60.5 Å². The molecule has 1 saturated heterocycles. The van der Waals surface area contributed by atoms with Crippen LogP contribution in [0.5, 0.6) is 11.5 Å². The molecular formula is C24H32N2O3. The fraction of sp³-hybridized carbons (Fsp3) is 0.500. The predicted molar refractivity (Wildman–Crippen MR) is 114 cm³/mol. The summed E-state index contributed by atoms with van der Waals surface area (Å²) in [6.45, 7) is 7.09. The van der Waals surface area contributed by atoms with E-state index in [0.717, 1.165) is 50.4 Å². The van der Waals surface area contributed by atoms with E-state index >= 15 is 0 Å². The third-order valence-corrected chi connectivity index (χ3v) is 5.71. The minimum Gasteiger partial charge on any atom is -0.483 e. The van der Waals surface area contributed by atoms with Gasteiger partial charge in [-0.3, -0.25) is 4.90 Å². The third-order valence-electron chi connectivity index (χ3n) is 5.71. The topological polar surface area (TPSA) is 54.0 Å². The maximum atomic E-state index is 9.36. The van der Waals surface area contributed by atoms with Crippen LogP contribution in [0.15, 0.2) is 48.5 Å². The molecule has 2 atom stereocenters. The number of hydrogen-bond donors (Lipinski definition) is 2. The molecule has 0 aromatic heterocycles. The van der Waals surface area contributed by atoms with Crippen molar-refractivity contribution in [2.24, 2.45) is 0 Å². The molecule has 29 heavy (non-hydrogen) atoms. The molecule has 0 saturated carbocycles. The summed E-state index contributed by atoms with van der Waals surface area (Å²) in [5.74, 6) is 1.69. The first kappa shape index (κ1) is 20.2. The lowest BCUT2D eigenvalue weighted by molar-refractivity contribution is -0.0362. The van der Waals surface area contributed by atoms with Crippen molar-refractivity contribution in [3.63, 3.8) is 0 Å². The lowest BCUT2D eigenvalue weighted by atomic mass is 10.0. The fourth-order valence-corrected chi connectivity index (χ4v) is 4.39. The van der Waals surface area contributed by atoms with E-state index < -0.39 is 0 Å². The molecule has 0 aliphatic carbocycles. The van der Waals surface area contributed by atoms with Gasteiger partial charge in [0, 0.05) is 38.2 Å². The molecule has 5 nitrogen and oxygen atoms in total. The van der Waals surface area contributed by atoms with E-state index in [4.69, 9.17) is 9.47 Å². The summed E-state index contributed by atoms with van der Waals surface area (Å²) in [7, 11) is 0. The Morgan fingerprint density at radius 1 is 1.17 bits per heavy atom. The molecule has 156 valence electrons. The quantitative estimate of drug-likeness (QED) is 0.752. The van der Waals surface area contributed by atoms with Crippen molar-refractivity contribution in [1.29, 1.82) is 0 Å². The van der Waals surface area contributed by atoms with Gasteiger partial charge in [-0.1, -0.05) is 42.5 Å². The molecule has 2 N–H and O–H groups in total. The zero-order valence-electron chi connectivity index (χ0n) is 17.4. The van der Waals surface area contributed by atoms with Crippen LogP contribution in [0.4, 0.5) is 0 Å². The van der Waals surface area contributed by atoms with E-state index in [1.165, 1.54) is 11.1 Å². The highest BCUT2D eigenvalue weighted by Gasteiger charge is 2.36. The minimum absolute atomic E-state index is 0.116. The summed E-state index contributed by atoms with van der Waals surface area (Å²) in [6.07, 6.45) is 2.40. The van der Waals surface area contributed by atoms with E-state index in [-0.39, 0.29) is 24.5 Å². The predicted octanol–water partition coefficient (Wildman–Crippen LogP) is 3.35. The van der Waals surface area contributed by atoms with Gasteiger partial charge in [-0.2, -0.15) is 0 Å². The Morgan fingerprint density at radius 2 is 2.00 bits per heavy atom. The molecule has 2 heterocycles. The molecule has 2 aliphatic heterocycles. The second kappa shape index (κ2) is 8.74. The number of aliphatic hydroxyl groups is 1. The molecule has 1 fully saturated rings. The van der Waals surface area contributed by atoms with Crippen molar-refractivity contribution in [1.82, 2.24) is 10.2 Å². The number of rotatable bonds is 7. The Bertz CT molecular complexity index is 809. The zero-order valence-corrected chi connectivity index (χ0v) is 17.4. The van der Waals surface area contributed by atoms with Gasteiger partial charge in [0.2, 0.25) is 0 Å². The van der Waals surface area contributed by atoms with Crippen molar-refractivity contribution in [2.75, 3.05) is 19.7 Å². The maximum Gasteiger partial charge on any atom is 0.168 e. The first-order chi connectivity index (χ1) is 14.1. The summed E-state index contributed by atoms with van der Waals surface area (Å²) in [5.41, 5.74) is 2.28. The van der Waals surface area contributed by atoms with Crippen LogP contribution < -0.4 is 14.8 Å². The van der Waals surface area contributed by atoms with E-state index in [1.807, 2.05) is 12.1 Å². The molecule has 4 rings (SSSR count). The van der Waals surface area contributed by atoms with Gasteiger partial charge in [0.15, 0.2) is 17.7 Å². The van der Waals surface area contributed by atoms with Gasteiger partial charge in [-0.05, 0) is 38.3 Å². The molecule has 0 bridgehead atoms. The lowest BCUT2D eigenvalue weighted by Gasteiger charge is -2.42. The van der Waals surface area contributed by atoms with Crippen LogP contribution in [0.1, 0.15) is 37.8 Å². The number of fused-ring (bicyclic) bond motifs is 1. The number of aliphatic hydroxyl groups excluding tert-OH is 1. The standard InChI is InChI=1S/C24H32N2O3/c1-24(2)16-19-10-6-12-21(22(19)29-24)28-23-20(11-7-15-27)25-13-14-26(23)17-18-8-4-3-5-9-18/h3-6,8-10,12,20,23,25,27H,7,11,13-17H2,1-2H3. The number of nitrogens with zero attached hydrogens (tertiary/aromatic N) is 1. The maximum absolute atomic E-state index is 9.36. The van der Waals surface area contributed by atoms with Crippen LogP contribution in [0, 0.1) is 0 Å². The van der Waals surface area contributed by atoms with Gasteiger partial charge >= 0.3 is 0 Å². The summed E-state index contributed by atoms with van der Waals surface area (Å²) < 4.78 is 12.9. The highest BCUT2D eigenvalue weighted by Crippen LogP contribution is 2.42. The highest BCUT2D eigenvalue weighted by atomic mass is 16.5. The second-order valence-corrected chi connectivity index (χ2v) is 8.67. The summed E-state index contributed by atoms with van der Waals surface area (Å²) in [4.78, 5) is 2.40. The number of benzene rings is 2. The van der Waals surface area contributed by atoms with Gasteiger partial charge in [0.25, 0.3) is 0 Å². The van der Waals surface area contributed by atoms with Gasteiger partial charge in [0.1, 0.15) is 5.60 Å². The minimum atomic E-state index is -0.202. The summed E-state index contributed by atoms with van der Waals surface area (Å²) in [6, 6.07) is 16.9. The lowest BCUT2D eigenvalue weighted by Crippen LogP contribution is -2.60. The van der Waals surface area contributed by atoms with Crippen LogP contribution in [0.2, 0.25) is 0 Å². The Morgan fingerprint density at radius 3 is 2.79 bits per heavy atom.